The molecule has 1 fully saturated rings. The summed E-state index contributed by atoms with van der Waals surface area (Å²) in [7, 11) is -3.59. The van der Waals surface area contributed by atoms with Crippen LogP contribution in [0.4, 0.5) is 14.5 Å². The van der Waals surface area contributed by atoms with Gasteiger partial charge in [0.1, 0.15) is 0 Å². The zero-order valence-corrected chi connectivity index (χ0v) is 16.7. The zero-order chi connectivity index (χ0) is 20.5. The molecule has 3 rings (SSSR count). The Morgan fingerprint density at radius 3 is 2.29 bits per heavy atom. The van der Waals surface area contributed by atoms with Crippen molar-refractivity contribution in [3.63, 3.8) is 0 Å². The lowest BCUT2D eigenvalue weighted by Crippen LogP contribution is -2.37. The molecule has 0 aromatic heterocycles. The summed E-state index contributed by atoms with van der Waals surface area (Å²) in [6.07, 6.45) is 1.64. The van der Waals surface area contributed by atoms with Crippen LogP contribution >= 0.6 is 11.6 Å². The van der Waals surface area contributed by atoms with Crippen molar-refractivity contribution in [3.8, 4) is 0 Å². The topological polar surface area (TPSA) is 66.5 Å². The van der Waals surface area contributed by atoms with Gasteiger partial charge in [-0.25, -0.2) is 17.2 Å². The van der Waals surface area contributed by atoms with Gasteiger partial charge >= 0.3 is 0 Å². The maximum absolute atomic E-state index is 13.4. The highest BCUT2D eigenvalue weighted by molar-refractivity contribution is 7.89. The summed E-state index contributed by atoms with van der Waals surface area (Å²) in [5, 5.41) is 2.26. The van der Waals surface area contributed by atoms with Gasteiger partial charge in [-0.3, -0.25) is 4.79 Å². The molecule has 0 unspecified atom stereocenters. The van der Waals surface area contributed by atoms with E-state index in [2.05, 4.69) is 12.2 Å². The number of carbonyl (C=O) groups is 1. The minimum Gasteiger partial charge on any atom is -0.322 e. The van der Waals surface area contributed by atoms with Crippen LogP contribution in [0.1, 0.15) is 30.1 Å². The number of hydrogen-bond acceptors (Lipinski definition) is 3. The summed E-state index contributed by atoms with van der Waals surface area (Å²) in [6.45, 7) is 3.06. The minimum atomic E-state index is -3.59. The number of benzene rings is 2. The molecule has 0 radical (unpaired) electrons. The first kappa shape index (κ1) is 20.7. The molecule has 1 amide bonds. The Bertz CT molecular complexity index is 989. The molecule has 1 heterocycles. The van der Waals surface area contributed by atoms with Gasteiger partial charge in [0.05, 0.1) is 15.5 Å². The minimum absolute atomic E-state index is 0.130. The first-order valence-electron chi connectivity index (χ1n) is 8.74. The molecule has 5 nitrogen and oxygen atoms in total. The molecule has 2 aromatic rings. The molecule has 1 N–H and O–H groups in total. The summed E-state index contributed by atoms with van der Waals surface area (Å²) in [5.74, 6) is -2.56. The third-order valence-corrected chi connectivity index (χ3v) is 6.97. The Kier molecular flexibility index (Phi) is 6.02. The molecule has 1 aliphatic heterocycles. The maximum Gasteiger partial charge on any atom is 0.257 e. The number of piperidine rings is 1. The van der Waals surface area contributed by atoms with Gasteiger partial charge in [0.2, 0.25) is 10.0 Å². The van der Waals surface area contributed by atoms with E-state index in [1.54, 1.807) is 0 Å². The number of sulfonamides is 1. The molecule has 9 heteroatoms. The number of amides is 1. The zero-order valence-electron chi connectivity index (χ0n) is 15.1. The molecule has 0 spiro atoms. The van der Waals surface area contributed by atoms with Crippen LogP contribution in [-0.2, 0) is 10.0 Å². The number of anilines is 1. The average molecular weight is 429 g/mol. The second-order valence-electron chi connectivity index (χ2n) is 6.81. The van der Waals surface area contributed by atoms with Crippen molar-refractivity contribution in [1.29, 1.82) is 0 Å². The van der Waals surface area contributed by atoms with Crippen LogP contribution in [0.25, 0.3) is 0 Å². The van der Waals surface area contributed by atoms with Crippen molar-refractivity contribution in [2.24, 2.45) is 5.92 Å². The molecule has 0 saturated carbocycles. The molecule has 0 bridgehead atoms. The fourth-order valence-electron chi connectivity index (χ4n) is 2.98. The van der Waals surface area contributed by atoms with E-state index < -0.39 is 27.6 Å². The Balaban J connectivity index is 1.74. The highest BCUT2D eigenvalue weighted by Gasteiger charge is 2.28. The lowest BCUT2D eigenvalue weighted by Gasteiger charge is -2.29. The third-order valence-electron chi connectivity index (χ3n) is 4.75. The highest BCUT2D eigenvalue weighted by atomic mass is 35.5. The number of hydrogen-bond donors (Lipinski definition) is 1. The average Bonchev–Trinajstić information content (AvgIpc) is 2.65. The first-order valence-corrected chi connectivity index (χ1v) is 10.6. The SMILES string of the molecule is CC1CCN(S(=O)(=O)c2ccc(NC(=O)c3cc(F)c(F)cc3Cl)cc2)CC1. The Hall–Kier alpha value is -2.03. The normalized spacial score (nSPS) is 16.1. The van der Waals surface area contributed by atoms with Gasteiger partial charge < -0.3 is 5.32 Å². The molecule has 1 aliphatic rings. The number of halogens is 3. The number of carbonyl (C=O) groups excluding carboxylic acids is 1. The summed E-state index contributed by atoms with van der Waals surface area (Å²) in [6, 6.07) is 7.10. The van der Waals surface area contributed by atoms with Gasteiger partial charge in [0.15, 0.2) is 11.6 Å². The smallest absolute Gasteiger partial charge is 0.257 e. The third kappa shape index (κ3) is 4.34. The van der Waals surface area contributed by atoms with Crippen molar-refractivity contribution in [3.05, 3.63) is 58.6 Å². The summed E-state index contributed by atoms with van der Waals surface area (Å²) in [5.41, 5.74) is 0.0803. The van der Waals surface area contributed by atoms with E-state index in [1.807, 2.05) is 0 Å². The Labute approximate surface area is 167 Å². The van der Waals surface area contributed by atoms with Gasteiger partial charge in [-0.2, -0.15) is 4.31 Å². The van der Waals surface area contributed by atoms with Crippen LogP contribution in [0.15, 0.2) is 41.3 Å². The quantitative estimate of drug-likeness (QED) is 0.739. The second-order valence-corrected chi connectivity index (χ2v) is 9.16. The van der Waals surface area contributed by atoms with Crippen LogP contribution in [0, 0.1) is 17.6 Å². The fraction of sp³-hybridized carbons (Fsp3) is 0.316. The molecule has 28 heavy (non-hydrogen) atoms. The lowest BCUT2D eigenvalue weighted by molar-refractivity contribution is 0.102. The van der Waals surface area contributed by atoms with Crippen LogP contribution in [0.3, 0.4) is 0 Å². The van der Waals surface area contributed by atoms with E-state index >= 15 is 0 Å². The van der Waals surface area contributed by atoms with Crippen LogP contribution in [-0.4, -0.2) is 31.7 Å². The van der Waals surface area contributed by atoms with Crippen molar-refractivity contribution < 1.29 is 22.0 Å². The second kappa shape index (κ2) is 8.14. The molecule has 0 atom stereocenters. The first-order chi connectivity index (χ1) is 13.2. The summed E-state index contributed by atoms with van der Waals surface area (Å²) >= 11 is 5.79. The highest BCUT2D eigenvalue weighted by Crippen LogP contribution is 2.25. The predicted octanol–water partition coefficient (Wildman–Crippen LogP) is 4.29. The van der Waals surface area contributed by atoms with E-state index in [9.17, 15) is 22.0 Å². The van der Waals surface area contributed by atoms with Gasteiger partial charge in [0, 0.05) is 18.8 Å². The maximum atomic E-state index is 13.4. The number of nitrogens with zero attached hydrogens (tertiary/aromatic N) is 1. The molecule has 0 aliphatic carbocycles. The molecular weight excluding hydrogens is 410 g/mol. The van der Waals surface area contributed by atoms with Crippen molar-refractivity contribution >= 4 is 33.2 Å². The monoisotopic (exact) mass is 428 g/mol. The van der Waals surface area contributed by atoms with E-state index in [-0.39, 0.29) is 15.5 Å². The Morgan fingerprint density at radius 1 is 1.11 bits per heavy atom. The Morgan fingerprint density at radius 2 is 1.68 bits per heavy atom. The van der Waals surface area contributed by atoms with Crippen LogP contribution in [0.2, 0.25) is 5.02 Å². The molecule has 2 aromatic carbocycles. The molecule has 1 saturated heterocycles. The summed E-state index contributed by atoms with van der Waals surface area (Å²) < 4.78 is 53.4. The lowest BCUT2D eigenvalue weighted by atomic mass is 10.0. The molecular formula is C19H19ClF2N2O3S. The van der Waals surface area contributed by atoms with Crippen LogP contribution in [0.5, 0.6) is 0 Å². The van der Waals surface area contributed by atoms with Crippen molar-refractivity contribution in [2.45, 2.75) is 24.7 Å². The van der Waals surface area contributed by atoms with Crippen LogP contribution < -0.4 is 5.32 Å². The number of nitrogens with one attached hydrogen (secondary N) is 1. The van der Waals surface area contributed by atoms with Gasteiger partial charge in [0.25, 0.3) is 5.91 Å². The van der Waals surface area contributed by atoms with E-state index in [0.29, 0.717) is 30.8 Å². The van der Waals surface area contributed by atoms with Crippen molar-refractivity contribution in [2.75, 3.05) is 18.4 Å². The van der Waals surface area contributed by atoms with E-state index in [0.717, 1.165) is 18.9 Å². The van der Waals surface area contributed by atoms with Gasteiger partial charge in [-0.15, -0.1) is 0 Å². The standard InChI is InChI=1S/C19H19ClF2N2O3S/c1-12-6-8-24(9-7-12)28(26,27)14-4-2-13(3-5-14)23-19(25)15-10-17(21)18(22)11-16(15)20/h2-5,10-12H,6-9H2,1H3,(H,23,25). The van der Waals surface area contributed by atoms with E-state index in [1.165, 1.54) is 28.6 Å². The predicted molar refractivity (Wildman–Crippen MR) is 103 cm³/mol. The number of rotatable bonds is 4. The van der Waals surface area contributed by atoms with Crippen molar-refractivity contribution in [1.82, 2.24) is 4.31 Å². The van der Waals surface area contributed by atoms with Gasteiger partial charge in [-0.05, 0) is 55.2 Å². The summed E-state index contributed by atoms with van der Waals surface area (Å²) in [4.78, 5) is 12.4. The fourth-order valence-corrected chi connectivity index (χ4v) is 4.69. The van der Waals surface area contributed by atoms with Gasteiger partial charge in [-0.1, -0.05) is 18.5 Å². The molecule has 150 valence electrons. The largest absolute Gasteiger partial charge is 0.322 e. The van der Waals surface area contributed by atoms with E-state index in [4.69, 9.17) is 11.6 Å².